The Hall–Kier alpha value is -2.09. The summed E-state index contributed by atoms with van der Waals surface area (Å²) in [4.78, 5) is 24.7. The number of sulfonamides is 1. The first-order valence-electron chi connectivity index (χ1n) is 9.99. The molecule has 0 aliphatic rings. The summed E-state index contributed by atoms with van der Waals surface area (Å²) >= 11 is 0. The first kappa shape index (κ1) is 24.9. The predicted octanol–water partition coefficient (Wildman–Crippen LogP) is 3.77. The molecular formula is C21H34N2O5S. The normalized spacial score (nSPS) is 13.1. The van der Waals surface area contributed by atoms with E-state index in [0.29, 0.717) is 0 Å². The molecule has 0 fully saturated rings. The van der Waals surface area contributed by atoms with E-state index < -0.39 is 33.7 Å². The minimum Gasteiger partial charge on any atom is -0.444 e. The van der Waals surface area contributed by atoms with Crippen LogP contribution in [0.15, 0.2) is 29.2 Å². The SMILES string of the molecule is CCCCc1ccc(S(=O)(=O)NC(=O)[C@H](CC(C)C)NC(=O)OC(C)(C)C)cc1. The van der Waals surface area contributed by atoms with Crippen LogP contribution in [0.5, 0.6) is 0 Å². The van der Waals surface area contributed by atoms with E-state index in [2.05, 4.69) is 17.0 Å². The van der Waals surface area contributed by atoms with Crippen molar-refractivity contribution in [3.8, 4) is 0 Å². The highest BCUT2D eigenvalue weighted by molar-refractivity contribution is 7.90. The molecule has 7 nitrogen and oxygen atoms in total. The molecule has 1 atom stereocenters. The Morgan fingerprint density at radius 3 is 2.17 bits per heavy atom. The van der Waals surface area contributed by atoms with Crippen LogP contribution in [0.3, 0.4) is 0 Å². The molecule has 2 amide bonds. The lowest BCUT2D eigenvalue weighted by atomic mass is 10.0. The van der Waals surface area contributed by atoms with Crippen LogP contribution < -0.4 is 10.0 Å². The van der Waals surface area contributed by atoms with Gasteiger partial charge in [-0.15, -0.1) is 0 Å². The fourth-order valence-corrected chi connectivity index (χ4v) is 3.65. The number of nitrogens with one attached hydrogen (secondary N) is 2. The largest absolute Gasteiger partial charge is 0.444 e. The van der Waals surface area contributed by atoms with E-state index in [4.69, 9.17) is 4.74 Å². The summed E-state index contributed by atoms with van der Waals surface area (Å²) in [6, 6.07) is 5.44. The molecule has 0 saturated carbocycles. The van der Waals surface area contributed by atoms with Crippen LogP contribution >= 0.6 is 0 Å². The number of benzene rings is 1. The van der Waals surface area contributed by atoms with Crippen LogP contribution in [0.1, 0.15) is 66.4 Å². The zero-order valence-corrected chi connectivity index (χ0v) is 19.1. The number of carbonyl (C=O) groups is 2. The van der Waals surface area contributed by atoms with Gasteiger partial charge in [-0.25, -0.2) is 17.9 Å². The summed E-state index contributed by atoms with van der Waals surface area (Å²) in [5, 5.41) is 2.47. The number of rotatable bonds is 9. The number of amides is 2. The smallest absolute Gasteiger partial charge is 0.408 e. The Labute approximate surface area is 174 Å². The molecule has 0 aliphatic carbocycles. The van der Waals surface area contributed by atoms with Gasteiger partial charge in [-0.3, -0.25) is 4.79 Å². The summed E-state index contributed by atoms with van der Waals surface area (Å²) in [6.45, 7) is 11.0. The predicted molar refractivity (Wildman–Crippen MR) is 113 cm³/mol. The Morgan fingerprint density at radius 1 is 1.10 bits per heavy atom. The third-order valence-electron chi connectivity index (χ3n) is 4.00. The maximum Gasteiger partial charge on any atom is 0.408 e. The molecule has 1 aromatic carbocycles. The minimum absolute atomic E-state index is 0.00617. The molecule has 0 aromatic heterocycles. The van der Waals surface area contributed by atoms with Crippen LogP contribution in [-0.2, 0) is 26.0 Å². The van der Waals surface area contributed by atoms with E-state index in [1.807, 2.05) is 13.8 Å². The summed E-state index contributed by atoms with van der Waals surface area (Å²) in [5.41, 5.74) is 0.315. The van der Waals surface area contributed by atoms with Crippen molar-refractivity contribution in [3.05, 3.63) is 29.8 Å². The molecule has 1 rings (SSSR count). The van der Waals surface area contributed by atoms with Crippen LogP contribution in [0, 0.1) is 5.92 Å². The second-order valence-electron chi connectivity index (χ2n) is 8.55. The van der Waals surface area contributed by atoms with Crippen molar-refractivity contribution in [1.29, 1.82) is 0 Å². The maximum atomic E-state index is 12.6. The Morgan fingerprint density at radius 2 is 1.69 bits per heavy atom. The van der Waals surface area contributed by atoms with Gasteiger partial charge < -0.3 is 10.1 Å². The standard InChI is InChI=1S/C21H34N2O5S/c1-7-8-9-16-10-12-17(13-11-16)29(26,27)23-19(24)18(14-15(2)3)22-20(25)28-21(4,5)6/h10-13,15,18H,7-9,14H2,1-6H3,(H,22,25)(H,23,24)/t18-/m0/s1. The highest BCUT2D eigenvalue weighted by atomic mass is 32.2. The number of aryl methyl sites for hydroxylation is 1. The van der Waals surface area contributed by atoms with E-state index in [-0.39, 0.29) is 17.2 Å². The van der Waals surface area contributed by atoms with Crippen molar-refractivity contribution in [2.45, 2.75) is 83.8 Å². The van der Waals surface area contributed by atoms with Gasteiger partial charge in [-0.1, -0.05) is 39.3 Å². The molecule has 0 unspecified atom stereocenters. The first-order valence-corrected chi connectivity index (χ1v) is 11.5. The Balaban J connectivity index is 2.89. The van der Waals surface area contributed by atoms with Gasteiger partial charge in [0.15, 0.2) is 0 Å². The van der Waals surface area contributed by atoms with Gasteiger partial charge in [0.1, 0.15) is 11.6 Å². The molecule has 0 bridgehead atoms. The van der Waals surface area contributed by atoms with Crippen LogP contribution in [0.2, 0.25) is 0 Å². The molecular weight excluding hydrogens is 392 g/mol. The highest BCUT2D eigenvalue weighted by Crippen LogP contribution is 2.14. The van der Waals surface area contributed by atoms with E-state index >= 15 is 0 Å². The third-order valence-corrected chi connectivity index (χ3v) is 5.36. The van der Waals surface area contributed by atoms with Gasteiger partial charge in [0.2, 0.25) is 0 Å². The highest BCUT2D eigenvalue weighted by Gasteiger charge is 2.28. The van der Waals surface area contributed by atoms with Gasteiger partial charge in [0.05, 0.1) is 4.90 Å². The first-order chi connectivity index (χ1) is 13.3. The lowest BCUT2D eigenvalue weighted by Gasteiger charge is -2.24. The van der Waals surface area contributed by atoms with Crippen molar-refractivity contribution in [3.63, 3.8) is 0 Å². The Bertz CT molecular complexity index is 780. The minimum atomic E-state index is -4.04. The van der Waals surface area contributed by atoms with Gasteiger partial charge in [0, 0.05) is 0 Å². The number of alkyl carbamates (subject to hydrolysis) is 1. The van der Waals surface area contributed by atoms with Crippen molar-refractivity contribution in [1.82, 2.24) is 10.0 Å². The lowest BCUT2D eigenvalue weighted by molar-refractivity contribution is -0.121. The molecule has 29 heavy (non-hydrogen) atoms. The lowest BCUT2D eigenvalue weighted by Crippen LogP contribution is -2.50. The van der Waals surface area contributed by atoms with E-state index in [1.54, 1.807) is 32.9 Å². The van der Waals surface area contributed by atoms with Crippen LogP contribution in [0.4, 0.5) is 4.79 Å². The quantitative estimate of drug-likeness (QED) is 0.626. The molecule has 164 valence electrons. The molecule has 0 saturated heterocycles. The van der Waals surface area contributed by atoms with Crippen LogP contribution in [-0.4, -0.2) is 32.1 Å². The molecule has 8 heteroatoms. The molecule has 0 radical (unpaired) electrons. The van der Waals surface area contributed by atoms with Gasteiger partial charge in [-0.05, 0) is 63.6 Å². The number of carbonyl (C=O) groups excluding carboxylic acids is 2. The van der Waals surface area contributed by atoms with Crippen molar-refractivity contribution in [2.24, 2.45) is 5.92 Å². The van der Waals surface area contributed by atoms with Crippen LogP contribution in [0.25, 0.3) is 0 Å². The fourth-order valence-electron chi connectivity index (χ4n) is 2.63. The zero-order valence-electron chi connectivity index (χ0n) is 18.2. The fraction of sp³-hybridized carbons (Fsp3) is 0.619. The van der Waals surface area contributed by atoms with Gasteiger partial charge in [0.25, 0.3) is 15.9 Å². The van der Waals surface area contributed by atoms with Crippen molar-refractivity contribution in [2.75, 3.05) is 0 Å². The second-order valence-corrected chi connectivity index (χ2v) is 10.2. The topological polar surface area (TPSA) is 102 Å². The number of unbranched alkanes of at least 4 members (excludes halogenated alkanes) is 1. The van der Waals surface area contributed by atoms with E-state index in [1.165, 1.54) is 12.1 Å². The molecule has 0 heterocycles. The second kappa shape index (κ2) is 10.6. The summed E-state index contributed by atoms with van der Waals surface area (Å²) in [5.74, 6) is -0.735. The zero-order chi connectivity index (χ0) is 22.2. The molecule has 0 aliphatic heterocycles. The van der Waals surface area contributed by atoms with E-state index in [9.17, 15) is 18.0 Å². The molecule has 1 aromatic rings. The summed E-state index contributed by atoms with van der Waals surface area (Å²) < 4.78 is 32.4. The average Bonchev–Trinajstić information content (AvgIpc) is 2.57. The van der Waals surface area contributed by atoms with Gasteiger partial charge in [-0.2, -0.15) is 0 Å². The molecule has 2 N–H and O–H groups in total. The summed E-state index contributed by atoms with van der Waals surface area (Å²) in [7, 11) is -4.04. The summed E-state index contributed by atoms with van der Waals surface area (Å²) in [6.07, 6.45) is 2.46. The molecule has 0 spiro atoms. The Kier molecular flexibility index (Phi) is 9.14. The monoisotopic (exact) mass is 426 g/mol. The third kappa shape index (κ3) is 9.30. The van der Waals surface area contributed by atoms with Crippen molar-refractivity contribution < 1.29 is 22.7 Å². The maximum absolute atomic E-state index is 12.6. The van der Waals surface area contributed by atoms with Gasteiger partial charge >= 0.3 is 6.09 Å². The number of ether oxygens (including phenoxy) is 1. The van der Waals surface area contributed by atoms with Crippen molar-refractivity contribution >= 4 is 22.0 Å². The van der Waals surface area contributed by atoms with E-state index in [0.717, 1.165) is 24.8 Å². The number of hydrogen-bond acceptors (Lipinski definition) is 5. The average molecular weight is 427 g/mol. The number of hydrogen-bond donors (Lipinski definition) is 2.